The first-order valence-electron chi connectivity index (χ1n) is 2.17. The lowest BCUT2D eigenvalue weighted by Crippen LogP contribution is -1.47. The fraction of sp³-hybridized carbons (Fsp3) is 0.800. The van der Waals surface area contributed by atoms with E-state index in [9.17, 15) is 0 Å². The van der Waals surface area contributed by atoms with Crippen molar-refractivity contribution >= 4 is 17.4 Å². The fourth-order valence-electron chi connectivity index (χ4n) is 0. The summed E-state index contributed by atoms with van der Waals surface area (Å²) in [6.07, 6.45) is 2.64. The monoisotopic (exact) mass is 115 g/mol. The molecule has 0 N–H and O–H groups in total. The minimum Gasteiger partial charge on any atom is -0.202 e. The Bertz CT molecular complexity index is 24.5. The molecule has 0 fully saturated rings. The summed E-state index contributed by atoms with van der Waals surface area (Å²) < 4.78 is 0. The third kappa shape index (κ3) is 93.2. The molecule has 1 nitrogen and oxygen atoms in total. The number of unbranched alkanes of at least 4 members (excludes halogenated alkanes) is 1. The number of hydrogen-bond acceptors (Lipinski definition) is 1. The molecule has 0 spiro atoms. The van der Waals surface area contributed by atoms with E-state index in [2.05, 4.69) is 20.4 Å². The highest BCUT2D eigenvalue weighted by Gasteiger charge is 1.56. The second-order valence-electron chi connectivity index (χ2n) is 1.000. The molecule has 0 saturated carbocycles. The standard InChI is InChI=1S/C4H10.CHN.Al.3H/c1-3-4-2;1-2;;;;/h3-4H2,1-2H3;1H;;;;. The molecule has 0 aliphatic rings. The van der Waals surface area contributed by atoms with Gasteiger partial charge in [-0.1, -0.05) is 26.7 Å². The van der Waals surface area contributed by atoms with Crippen molar-refractivity contribution in [1.82, 2.24) is 0 Å². The SMILES string of the molecule is C#N.CCCC.[AlH3]. The van der Waals surface area contributed by atoms with Gasteiger partial charge in [-0.3, -0.25) is 0 Å². The van der Waals surface area contributed by atoms with Gasteiger partial charge in [0.2, 0.25) is 0 Å². The lowest BCUT2D eigenvalue weighted by molar-refractivity contribution is 0.886. The van der Waals surface area contributed by atoms with Crippen molar-refractivity contribution in [3.05, 3.63) is 0 Å². The maximum Gasteiger partial charge on any atom is 0.187 e. The molecule has 0 aromatic carbocycles. The normalized spacial score (nSPS) is 4.57. The van der Waals surface area contributed by atoms with Gasteiger partial charge in [0.05, 0.1) is 0 Å². The highest BCUT2D eigenvalue weighted by molar-refractivity contribution is 5.75. The van der Waals surface area contributed by atoms with Gasteiger partial charge in [-0.2, -0.15) is 0 Å². The Hall–Kier alpha value is 0.0225. The van der Waals surface area contributed by atoms with Crippen LogP contribution in [0.3, 0.4) is 0 Å². The van der Waals surface area contributed by atoms with Crippen LogP contribution in [0.25, 0.3) is 0 Å². The van der Waals surface area contributed by atoms with Gasteiger partial charge in [0.25, 0.3) is 0 Å². The van der Waals surface area contributed by atoms with E-state index in [4.69, 9.17) is 5.26 Å². The van der Waals surface area contributed by atoms with Crippen molar-refractivity contribution in [1.29, 1.82) is 5.26 Å². The van der Waals surface area contributed by atoms with Crippen molar-refractivity contribution in [2.75, 3.05) is 0 Å². The number of rotatable bonds is 1. The first-order chi connectivity index (χ1) is 2.91. The first-order valence-corrected chi connectivity index (χ1v) is 2.17. The fourth-order valence-corrected chi connectivity index (χ4v) is 0. The highest BCUT2D eigenvalue weighted by Crippen LogP contribution is 1.76. The van der Waals surface area contributed by atoms with Gasteiger partial charge in [-0.15, -0.1) is 0 Å². The van der Waals surface area contributed by atoms with E-state index >= 15 is 0 Å². The van der Waals surface area contributed by atoms with Crippen LogP contribution >= 0.6 is 0 Å². The van der Waals surface area contributed by atoms with Crippen molar-refractivity contribution < 1.29 is 0 Å². The Labute approximate surface area is 56.5 Å². The second-order valence-corrected chi connectivity index (χ2v) is 1.000. The lowest BCUT2D eigenvalue weighted by Gasteiger charge is -1.68. The molecule has 0 aliphatic carbocycles. The maximum absolute atomic E-state index is 6.50. The molecule has 0 aromatic rings. The van der Waals surface area contributed by atoms with E-state index in [1.165, 1.54) is 12.8 Å². The van der Waals surface area contributed by atoms with Crippen molar-refractivity contribution in [3.63, 3.8) is 0 Å². The van der Waals surface area contributed by atoms with Gasteiger partial charge in [-0.25, -0.2) is 5.26 Å². The number of hydrogen-bond donors (Lipinski definition) is 0. The van der Waals surface area contributed by atoms with Crippen LogP contribution < -0.4 is 0 Å². The third-order valence-corrected chi connectivity index (χ3v) is 0.500. The summed E-state index contributed by atoms with van der Waals surface area (Å²) in [7, 11) is 0. The van der Waals surface area contributed by atoms with Crippen LogP contribution in [0.5, 0.6) is 0 Å². The van der Waals surface area contributed by atoms with Gasteiger partial charge in [0.15, 0.2) is 17.4 Å². The summed E-state index contributed by atoms with van der Waals surface area (Å²) in [4.78, 5) is 0. The average Bonchev–Trinajstić information content (AvgIpc) is 1.72. The first kappa shape index (κ1) is 15.7. The van der Waals surface area contributed by atoms with Gasteiger partial charge < -0.3 is 0 Å². The van der Waals surface area contributed by atoms with E-state index in [1.54, 1.807) is 0 Å². The molecular weight excluding hydrogens is 101 g/mol. The topological polar surface area (TPSA) is 23.8 Å². The van der Waals surface area contributed by atoms with E-state index in [0.29, 0.717) is 0 Å². The van der Waals surface area contributed by atoms with Gasteiger partial charge in [0.1, 0.15) is 0 Å². The van der Waals surface area contributed by atoms with Crippen molar-refractivity contribution in [2.24, 2.45) is 0 Å². The molecule has 0 heterocycles. The number of nitriles is 1. The molecule has 2 heteroatoms. The zero-order valence-corrected chi connectivity index (χ0v) is 4.44. The van der Waals surface area contributed by atoms with Crippen LogP contribution in [0, 0.1) is 11.8 Å². The predicted octanol–water partition coefficient (Wildman–Crippen LogP) is 0.762. The number of nitrogens with zero attached hydrogens (tertiary/aromatic N) is 1. The van der Waals surface area contributed by atoms with Gasteiger partial charge >= 0.3 is 0 Å². The predicted molar refractivity (Wildman–Crippen MR) is 37.2 cm³/mol. The van der Waals surface area contributed by atoms with Crippen LogP contribution in [0.4, 0.5) is 0 Å². The molecule has 0 aliphatic heterocycles. The average molecular weight is 115 g/mol. The summed E-state index contributed by atoms with van der Waals surface area (Å²) >= 11 is 0. The molecule has 0 unspecified atom stereocenters. The van der Waals surface area contributed by atoms with Crippen LogP contribution in [-0.2, 0) is 0 Å². The molecule has 0 atom stereocenters. The van der Waals surface area contributed by atoms with Crippen molar-refractivity contribution in [3.8, 4) is 6.57 Å². The zero-order valence-electron chi connectivity index (χ0n) is 4.44. The Balaban J connectivity index is -0.0000000480. The smallest absolute Gasteiger partial charge is 0.187 e. The van der Waals surface area contributed by atoms with E-state index in [-0.39, 0.29) is 17.4 Å². The summed E-state index contributed by atoms with van der Waals surface area (Å²) in [5.41, 5.74) is 0. The van der Waals surface area contributed by atoms with Crippen LogP contribution in [0.15, 0.2) is 0 Å². The Morgan fingerprint density at radius 2 is 1.29 bits per heavy atom. The van der Waals surface area contributed by atoms with Gasteiger partial charge in [0, 0.05) is 6.57 Å². The Morgan fingerprint density at radius 1 is 1.14 bits per heavy atom. The quantitative estimate of drug-likeness (QED) is 0.463. The van der Waals surface area contributed by atoms with Crippen LogP contribution in [-0.4, -0.2) is 17.4 Å². The maximum atomic E-state index is 6.50. The minimum atomic E-state index is 0. The molecule has 0 saturated heterocycles. The second kappa shape index (κ2) is 37.1. The molecule has 7 heavy (non-hydrogen) atoms. The lowest BCUT2D eigenvalue weighted by atomic mass is 10.4. The zero-order chi connectivity index (χ0) is 5.41. The minimum absolute atomic E-state index is 0. The van der Waals surface area contributed by atoms with Gasteiger partial charge in [-0.05, 0) is 0 Å². The van der Waals surface area contributed by atoms with E-state index < -0.39 is 0 Å². The van der Waals surface area contributed by atoms with Crippen LogP contribution in [0.2, 0.25) is 0 Å². The van der Waals surface area contributed by atoms with E-state index in [1.807, 2.05) is 0 Å². The van der Waals surface area contributed by atoms with E-state index in [0.717, 1.165) is 0 Å². The highest BCUT2D eigenvalue weighted by atomic mass is 27.0. The molecule has 0 rings (SSSR count). The molecule has 0 radical (unpaired) electrons. The summed E-state index contributed by atoms with van der Waals surface area (Å²) in [5.74, 6) is 0. The summed E-state index contributed by atoms with van der Waals surface area (Å²) in [5, 5.41) is 6.50. The third-order valence-electron chi connectivity index (χ3n) is 0.500. The molecular formula is C5H14AlN. The molecule has 0 aromatic heterocycles. The molecule has 42 valence electrons. The van der Waals surface area contributed by atoms with Crippen LogP contribution in [0.1, 0.15) is 26.7 Å². The Morgan fingerprint density at radius 3 is 1.29 bits per heavy atom. The molecule has 0 amide bonds. The van der Waals surface area contributed by atoms with Crippen molar-refractivity contribution in [2.45, 2.75) is 26.7 Å². The Kier molecular flexibility index (Phi) is 83.5. The molecule has 0 bridgehead atoms. The largest absolute Gasteiger partial charge is 0.202 e. The summed E-state index contributed by atoms with van der Waals surface area (Å²) in [6.45, 7) is 7.86. The summed E-state index contributed by atoms with van der Waals surface area (Å²) in [6, 6.07) is 0.